The molecule has 102 valence electrons. The van der Waals surface area contributed by atoms with Crippen LogP contribution >= 0.6 is 15.9 Å². The second-order valence-electron chi connectivity index (χ2n) is 5.10. The molecule has 0 bridgehead atoms. The van der Waals surface area contributed by atoms with Crippen LogP contribution in [-0.4, -0.2) is 55.0 Å². The van der Waals surface area contributed by atoms with Gasteiger partial charge in [-0.05, 0) is 39.7 Å². The standard InChI is InChI=1S/C11H23BrN2O2S/c1-10(2)13(3)8-11-4-6-14(7-5-11)17(15,16)9-12/h10-11H,4-9H2,1-3H3. The van der Waals surface area contributed by atoms with E-state index in [1.165, 1.54) is 0 Å². The molecular weight excluding hydrogens is 304 g/mol. The largest absolute Gasteiger partial charge is 0.304 e. The Bertz CT molecular complexity index is 324. The highest BCUT2D eigenvalue weighted by Gasteiger charge is 2.27. The molecule has 1 aliphatic rings. The molecule has 0 aromatic heterocycles. The van der Waals surface area contributed by atoms with Crippen molar-refractivity contribution in [1.29, 1.82) is 0 Å². The van der Waals surface area contributed by atoms with Crippen molar-refractivity contribution < 1.29 is 8.42 Å². The van der Waals surface area contributed by atoms with Crippen molar-refractivity contribution in [1.82, 2.24) is 9.21 Å². The normalized spacial score (nSPS) is 20.4. The van der Waals surface area contributed by atoms with Gasteiger partial charge in [0.25, 0.3) is 0 Å². The molecule has 0 amide bonds. The van der Waals surface area contributed by atoms with Gasteiger partial charge < -0.3 is 4.90 Å². The second kappa shape index (κ2) is 6.50. The Balaban J connectivity index is 2.41. The van der Waals surface area contributed by atoms with Crippen LogP contribution in [0.15, 0.2) is 0 Å². The number of nitrogens with zero attached hydrogens (tertiary/aromatic N) is 2. The summed E-state index contributed by atoms with van der Waals surface area (Å²) >= 11 is 3.04. The molecule has 0 unspecified atom stereocenters. The summed E-state index contributed by atoms with van der Waals surface area (Å²) in [5, 5.41) is 0. The van der Waals surface area contributed by atoms with Crippen LogP contribution < -0.4 is 0 Å². The first-order valence-electron chi connectivity index (χ1n) is 6.11. The summed E-state index contributed by atoms with van der Waals surface area (Å²) in [5.74, 6) is 0.629. The number of sulfonamides is 1. The third-order valence-corrected chi connectivity index (χ3v) is 6.70. The molecule has 0 spiro atoms. The van der Waals surface area contributed by atoms with E-state index in [1.807, 2.05) is 0 Å². The van der Waals surface area contributed by atoms with Crippen LogP contribution in [0.2, 0.25) is 0 Å². The van der Waals surface area contributed by atoms with E-state index in [4.69, 9.17) is 0 Å². The van der Waals surface area contributed by atoms with Crippen molar-refractivity contribution in [2.75, 3.05) is 31.3 Å². The average Bonchev–Trinajstić information content (AvgIpc) is 2.29. The third kappa shape index (κ3) is 4.50. The molecule has 0 aliphatic carbocycles. The first-order valence-corrected chi connectivity index (χ1v) is 8.84. The molecule has 1 aliphatic heterocycles. The topological polar surface area (TPSA) is 40.6 Å². The fraction of sp³-hybridized carbons (Fsp3) is 1.00. The van der Waals surface area contributed by atoms with Crippen LogP contribution in [0.3, 0.4) is 0 Å². The number of hydrogen-bond acceptors (Lipinski definition) is 3. The summed E-state index contributed by atoms with van der Waals surface area (Å²) in [6.45, 7) is 6.78. The molecule has 1 fully saturated rings. The van der Waals surface area contributed by atoms with Gasteiger partial charge in [-0.2, -0.15) is 0 Å². The summed E-state index contributed by atoms with van der Waals surface area (Å²) < 4.78 is 25.0. The SMILES string of the molecule is CC(C)N(C)CC1CCN(S(=O)(=O)CBr)CC1. The molecule has 0 radical (unpaired) electrons. The Kier molecular flexibility index (Phi) is 5.89. The van der Waals surface area contributed by atoms with E-state index in [0.717, 1.165) is 19.4 Å². The smallest absolute Gasteiger partial charge is 0.224 e. The summed E-state index contributed by atoms with van der Waals surface area (Å²) in [4.78, 5) is 2.33. The highest BCUT2D eigenvalue weighted by atomic mass is 79.9. The number of hydrogen-bond donors (Lipinski definition) is 0. The third-order valence-electron chi connectivity index (χ3n) is 3.53. The lowest BCUT2D eigenvalue weighted by atomic mass is 9.97. The lowest BCUT2D eigenvalue weighted by Gasteiger charge is -2.34. The molecule has 6 heteroatoms. The molecule has 0 atom stereocenters. The monoisotopic (exact) mass is 326 g/mol. The van der Waals surface area contributed by atoms with Gasteiger partial charge >= 0.3 is 0 Å². The van der Waals surface area contributed by atoms with Gasteiger partial charge in [0, 0.05) is 25.7 Å². The van der Waals surface area contributed by atoms with Crippen LogP contribution in [-0.2, 0) is 10.0 Å². The molecule has 0 aromatic rings. The molecule has 17 heavy (non-hydrogen) atoms. The maximum atomic E-state index is 11.7. The Hall–Kier alpha value is 0.350. The fourth-order valence-corrected chi connectivity index (χ4v) is 3.83. The molecule has 0 N–H and O–H groups in total. The molecule has 1 saturated heterocycles. The zero-order valence-electron chi connectivity index (χ0n) is 10.9. The van der Waals surface area contributed by atoms with Crippen molar-refractivity contribution in [3.05, 3.63) is 0 Å². The molecule has 1 rings (SSSR count). The maximum absolute atomic E-state index is 11.7. The van der Waals surface area contributed by atoms with E-state index < -0.39 is 10.0 Å². The van der Waals surface area contributed by atoms with E-state index >= 15 is 0 Å². The van der Waals surface area contributed by atoms with E-state index in [9.17, 15) is 8.42 Å². The summed E-state index contributed by atoms with van der Waals surface area (Å²) in [5.41, 5.74) is 0. The van der Waals surface area contributed by atoms with Crippen molar-refractivity contribution >= 4 is 26.0 Å². The van der Waals surface area contributed by atoms with Gasteiger partial charge in [0.2, 0.25) is 10.0 Å². The zero-order valence-corrected chi connectivity index (χ0v) is 13.3. The predicted octanol–water partition coefficient (Wildman–Crippen LogP) is 1.72. The lowest BCUT2D eigenvalue weighted by molar-refractivity contribution is 0.182. The van der Waals surface area contributed by atoms with Crippen molar-refractivity contribution in [3.63, 3.8) is 0 Å². The zero-order chi connectivity index (χ0) is 13.1. The molecule has 0 aromatic carbocycles. The Morgan fingerprint density at radius 3 is 2.29 bits per heavy atom. The van der Waals surface area contributed by atoms with E-state index in [-0.39, 0.29) is 4.66 Å². The van der Waals surface area contributed by atoms with E-state index in [1.54, 1.807) is 4.31 Å². The minimum absolute atomic E-state index is 0.0383. The highest BCUT2D eigenvalue weighted by Crippen LogP contribution is 2.21. The van der Waals surface area contributed by atoms with Gasteiger partial charge in [-0.25, -0.2) is 12.7 Å². The fourth-order valence-electron chi connectivity index (χ4n) is 2.06. The first-order chi connectivity index (χ1) is 7.86. The summed E-state index contributed by atoms with van der Waals surface area (Å²) in [6, 6.07) is 0.555. The Labute approximate surface area is 114 Å². The van der Waals surface area contributed by atoms with Gasteiger partial charge in [0.1, 0.15) is 4.66 Å². The average molecular weight is 327 g/mol. The van der Waals surface area contributed by atoms with Crippen LogP contribution in [0.5, 0.6) is 0 Å². The number of alkyl halides is 1. The number of halogens is 1. The highest BCUT2D eigenvalue weighted by molar-refractivity contribution is 9.10. The van der Waals surface area contributed by atoms with Gasteiger partial charge in [-0.1, -0.05) is 15.9 Å². The Morgan fingerprint density at radius 2 is 1.88 bits per heavy atom. The number of rotatable bonds is 5. The van der Waals surface area contributed by atoms with Crippen molar-refractivity contribution in [3.8, 4) is 0 Å². The minimum Gasteiger partial charge on any atom is -0.304 e. The number of piperidine rings is 1. The van der Waals surface area contributed by atoms with E-state index in [0.29, 0.717) is 25.0 Å². The van der Waals surface area contributed by atoms with Gasteiger partial charge in [-0.3, -0.25) is 0 Å². The predicted molar refractivity (Wildman–Crippen MR) is 74.8 cm³/mol. The van der Waals surface area contributed by atoms with Crippen LogP contribution in [0, 0.1) is 5.92 Å². The maximum Gasteiger partial charge on any atom is 0.224 e. The van der Waals surface area contributed by atoms with Crippen molar-refractivity contribution in [2.24, 2.45) is 5.92 Å². The first kappa shape index (κ1) is 15.4. The van der Waals surface area contributed by atoms with Crippen LogP contribution in [0.1, 0.15) is 26.7 Å². The summed E-state index contributed by atoms with van der Waals surface area (Å²) in [7, 11) is -0.922. The van der Waals surface area contributed by atoms with Crippen LogP contribution in [0.4, 0.5) is 0 Å². The van der Waals surface area contributed by atoms with E-state index in [2.05, 4.69) is 41.7 Å². The van der Waals surface area contributed by atoms with Gasteiger partial charge in [0.15, 0.2) is 0 Å². The second-order valence-corrected chi connectivity index (χ2v) is 8.37. The van der Waals surface area contributed by atoms with Crippen molar-refractivity contribution in [2.45, 2.75) is 32.7 Å². The molecule has 0 saturated carbocycles. The molecule has 4 nitrogen and oxygen atoms in total. The molecular formula is C11H23BrN2O2S. The minimum atomic E-state index is -3.05. The van der Waals surface area contributed by atoms with Gasteiger partial charge in [0.05, 0.1) is 0 Å². The summed E-state index contributed by atoms with van der Waals surface area (Å²) in [6.07, 6.45) is 1.95. The quantitative estimate of drug-likeness (QED) is 0.722. The van der Waals surface area contributed by atoms with Crippen LogP contribution in [0.25, 0.3) is 0 Å². The lowest BCUT2D eigenvalue weighted by Crippen LogP contribution is -2.42. The molecule has 1 heterocycles. The Morgan fingerprint density at radius 1 is 1.35 bits per heavy atom. The van der Waals surface area contributed by atoms with Gasteiger partial charge in [-0.15, -0.1) is 0 Å².